The van der Waals surface area contributed by atoms with E-state index < -0.39 is 23.6 Å². The summed E-state index contributed by atoms with van der Waals surface area (Å²) in [4.78, 5) is 44.3. The molecule has 2 aromatic rings. The molecule has 7 heteroatoms. The molecule has 3 rings (SSSR count). The number of benzene rings is 1. The van der Waals surface area contributed by atoms with Crippen molar-refractivity contribution in [2.24, 2.45) is 0 Å². The van der Waals surface area contributed by atoms with Crippen LogP contribution in [-0.4, -0.2) is 27.8 Å². The van der Waals surface area contributed by atoms with E-state index in [0.29, 0.717) is 5.06 Å². The Morgan fingerprint density at radius 3 is 2.27 bits per heavy atom. The number of fused-ring (bicyclic) bond motifs is 1. The van der Waals surface area contributed by atoms with Crippen LogP contribution in [-0.2, 0) is 16.1 Å². The molecule has 6 nitrogen and oxygen atoms in total. The summed E-state index contributed by atoms with van der Waals surface area (Å²) in [6.45, 7) is 0. The Balaban J connectivity index is 1.71. The summed E-state index contributed by atoms with van der Waals surface area (Å²) in [6, 6.07) is 8.64. The highest BCUT2D eigenvalue weighted by molar-refractivity contribution is 6.20. The van der Waals surface area contributed by atoms with Gasteiger partial charge in [-0.05, 0) is 24.3 Å². The highest BCUT2D eigenvalue weighted by Crippen LogP contribution is 2.22. The molecule has 0 saturated heterocycles. The first-order chi connectivity index (χ1) is 10.6. The van der Waals surface area contributed by atoms with Crippen LogP contribution in [0.4, 0.5) is 4.39 Å². The van der Waals surface area contributed by atoms with Crippen molar-refractivity contribution in [3.05, 3.63) is 65.2 Å². The summed E-state index contributed by atoms with van der Waals surface area (Å²) >= 11 is 0. The van der Waals surface area contributed by atoms with Crippen molar-refractivity contribution < 1.29 is 23.6 Å². The summed E-state index contributed by atoms with van der Waals surface area (Å²) in [5.41, 5.74) is 0.628. The molecule has 0 saturated carbocycles. The topological polar surface area (TPSA) is 76.6 Å². The predicted molar refractivity (Wildman–Crippen MR) is 70.9 cm³/mol. The molecular formula is C15H9FN2O4. The predicted octanol–water partition coefficient (Wildman–Crippen LogP) is 1.52. The number of imide groups is 1. The van der Waals surface area contributed by atoms with Crippen LogP contribution in [0.15, 0.2) is 42.6 Å². The van der Waals surface area contributed by atoms with Gasteiger partial charge in [0, 0.05) is 0 Å². The van der Waals surface area contributed by atoms with Gasteiger partial charge in [0.05, 0.1) is 29.4 Å². The summed E-state index contributed by atoms with van der Waals surface area (Å²) in [6.07, 6.45) is 0.679. The van der Waals surface area contributed by atoms with Crippen LogP contribution in [0, 0.1) is 5.82 Å². The monoisotopic (exact) mass is 300 g/mol. The van der Waals surface area contributed by atoms with Crippen LogP contribution < -0.4 is 0 Å². The van der Waals surface area contributed by atoms with E-state index in [1.165, 1.54) is 18.2 Å². The first kappa shape index (κ1) is 13.9. The quantitative estimate of drug-likeness (QED) is 0.803. The molecule has 1 aromatic heterocycles. The lowest BCUT2D eigenvalue weighted by atomic mass is 10.1. The maximum absolute atomic E-state index is 12.7. The molecule has 0 spiro atoms. The zero-order valence-electron chi connectivity index (χ0n) is 11.2. The van der Waals surface area contributed by atoms with E-state index in [9.17, 15) is 18.8 Å². The summed E-state index contributed by atoms with van der Waals surface area (Å²) in [7, 11) is 0. The van der Waals surface area contributed by atoms with E-state index in [1.807, 2.05) is 0 Å². The molecule has 0 unspecified atom stereocenters. The number of pyridine rings is 1. The van der Waals surface area contributed by atoms with Gasteiger partial charge in [0.15, 0.2) is 0 Å². The molecule has 0 radical (unpaired) electrons. The van der Waals surface area contributed by atoms with E-state index in [2.05, 4.69) is 4.98 Å². The fraction of sp³-hybridized carbons (Fsp3) is 0.0667. The lowest BCUT2D eigenvalue weighted by Crippen LogP contribution is -2.33. The van der Waals surface area contributed by atoms with Gasteiger partial charge >= 0.3 is 5.97 Å². The Kier molecular flexibility index (Phi) is 3.38. The number of nitrogens with zero attached hydrogens (tertiary/aromatic N) is 2. The number of aromatic nitrogens is 1. The number of rotatable bonds is 3. The number of carbonyl (C=O) groups is 3. The summed E-state index contributed by atoms with van der Waals surface area (Å²) < 4.78 is 12.7. The summed E-state index contributed by atoms with van der Waals surface area (Å²) in [5.74, 6) is -2.76. The van der Waals surface area contributed by atoms with Gasteiger partial charge in [0.1, 0.15) is 5.82 Å². The standard InChI is InChI=1S/C15H9FN2O4/c16-9-5-6-10(17-8-9)7-13(19)22-18-14(20)11-3-1-2-4-12(11)15(18)21/h1-6,8H,7H2. The van der Waals surface area contributed by atoms with E-state index in [0.717, 1.165) is 12.3 Å². The second-order valence-electron chi connectivity index (χ2n) is 4.56. The third kappa shape index (κ3) is 2.44. The second-order valence-corrected chi connectivity index (χ2v) is 4.56. The molecule has 0 N–H and O–H groups in total. The van der Waals surface area contributed by atoms with Crippen LogP contribution in [0.2, 0.25) is 0 Å². The van der Waals surface area contributed by atoms with Gasteiger partial charge in [0.25, 0.3) is 11.8 Å². The minimum absolute atomic E-state index is 0.181. The van der Waals surface area contributed by atoms with E-state index in [4.69, 9.17) is 4.84 Å². The van der Waals surface area contributed by atoms with Crippen molar-refractivity contribution in [1.82, 2.24) is 10.0 Å². The largest absolute Gasteiger partial charge is 0.339 e. The Labute approximate surface area is 124 Å². The first-order valence-electron chi connectivity index (χ1n) is 6.35. The van der Waals surface area contributed by atoms with Crippen molar-refractivity contribution >= 4 is 17.8 Å². The first-order valence-corrected chi connectivity index (χ1v) is 6.35. The van der Waals surface area contributed by atoms with Crippen molar-refractivity contribution in [1.29, 1.82) is 0 Å². The lowest BCUT2D eigenvalue weighted by molar-refractivity contribution is -0.167. The van der Waals surface area contributed by atoms with Crippen LogP contribution in [0.1, 0.15) is 26.4 Å². The number of halogens is 1. The number of hydrogen-bond donors (Lipinski definition) is 0. The smallest absolute Gasteiger partial charge is 0.329 e. The van der Waals surface area contributed by atoms with Gasteiger partial charge in [-0.2, -0.15) is 0 Å². The third-order valence-corrected chi connectivity index (χ3v) is 3.06. The zero-order chi connectivity index (χ0) is 15.7. The zero-order valence-corrected chi connectivity index (χ0v) is 11.2. The molecule has 22 heavy (non-hydrogen) atoms. The minimum Gasteiger partial charge on any atom is -0.329 e. The number of amides is 2. The number of hydroxylamine groups is 2. The van der Waals surface area contributed by atoms with Crippen molar-refractivity contribution in [3.8, 4) is 0 Å². The minimum atomic E-state index is -0.839. The molecular weight excluding hydrogens is 291 g/mol. The van der Waals surface area contributed by atoms with Crippen LogP contribution in [0.25, 0.3) is 0 Å². The van der Waals surface area contributed by atoms with Crippen molar-refractivity contribution in [3.63, 3.8) is 0 Å². The Morgan fingerprint density at radius 2 is 1.73 bits per heavy atom. The SMILES string of the molecule is O=C(Cc1ccc(F)cn1)ON1C(=O)c2ccccc2C1=O. The Hall–Kier alpha value is -3.09. The average molecular weight is 300 g/mol. The molecule has 0 atom stereocenters. The van der Waals surface area contributed by atoms with Gasteiger partial charge in [-0.15, -0.1) is 0 Å². The fourth-order valence-electron chi connectivity index (χ4n) is 2.04. The van der Waals surface area contributed by atoms with Gasteiger partial charge < -0.3 is 4.84 Å². The lowest BCUT2D eigenvalue weighted by Gasteiger charge is -2.12. The van der Waals surface area contributed by atoms with Gasteiger partial charge in [0.2, 0.25) is 0 Å². The second kappa shape index (κ2) is 5.36. The molecule has 0 bridgehead atoms. The highest BCUT2D eigenvalue weighted by atomic mass is 19.1. The van der Waals surface area contributed by atoms with Gasteiger partial charge in [-0.25, -0.2) is 9.18 Å². The van der Waals surface area contributed by atoms with Crippen molar-refractivity contribution in [2.75, 3.05) is 0 Å². The van der Waals surface area contributed by atoms with Gasteiger partial charge in [-0.3, -0.25) is 14.6 Å². The number of carbonyl (C=O) groups excluding carboxylic acids is 3. The molecule has 2 amide bonds. The third-order valence-electron chi connectivity index (χ3n) is 3.06. The van der Waals surface area contributed by atoms with E-state index in [1.54, 1.807) is 12.1 Å². The fourth-order valence-corrected chi connectivity index (χ4v) is 2.04. The maximum Gasteiger partial charge on any atom is 0.339 e. The molecule has 110 valence electrons. The molecule has 0 fully saturated rings. The van der Waals surface area contributed by atoms with E-state index in [-0.39, 0.29) is 23.2 Å². The summed E-state index contributed by atoms with van der Waals surface area (Å²) in [5, 5.41) is 0.427. The molecule has 1 aliphatic rings. The number of hydrogen-bond acceptors (Lipinski definition) is 5. The Morgan fingerprint density at radius 1 is 1.09 bits per heavy atom. The molecule has 1 aliphatic heterocycles. The van der Waals surface area contributed by atoms with Crippen LogP contribution >= 0.6 is 0 Å². The average Bonchev–Trinajstić information content (AvgIpc) is 2.75. The Bertz CT molecular complexity index is 738. The molecule has 0 aliphatic carbocycles. The molecule has 2 heterocycles. The molecule has 1 aromatic carbocycles. The van der Waals surface area contributed by atoms with Gasteiger partial charge in [-0.1, -0.05) is 17.2 Å². The van der Waals surface area contributed by atoms with Crippen LogP contribution in [0.3, 0.4) is 0 Å². The van der Waals surface area contributed by atoms with Crippen LogP contribution in [0.5, 0.6) is 0 Å². The van der Waals surface area contributed by atoms with Crippen molar-refractivity contribution in [2.45, 2.75) is 6.42 Å². The van der Waals surface area contributed by atoms with E-state index >= 15 is 0 Å². The highest BCUT2D eigenvalue weighted by Gasteiger charge is 2.38. The normalized spacial score (nSPS) is 13.2. The maximum atomic E-state index is 12.7.